The van der Waals surface area contributed by atoms with Crippen LogP contribution in [0.5, 0.6) is 0 Å². The molecule has 0 saturated carbocycles. The van der Waals surface area contributed by atoms with Crippen LogP contribution in [0.15, 0.2) is 36.4 Å². The average molecular weight is 350 g/mol. The number of halogens is 1. The highest BCUT2D eigenvalue weighted by atomic mass is 127. The van der Waals surface area contributed by atoms with Crippen LogP contribution in [0.25, 0.3) is 16.9 Å². The molecule has 3 aromatic rings. The van der Waals surface area contributed by atoms with E-state index in [0.717, 1.165) is 26.1 Å². The summed E-state index contributed by atoms with van der Waals surface area (Å²) in [5.41, 5.74) is 9.60. The third-order valence-corrected chi connectivity index (χ3v) is 3.68. The molecule has 0 unspecified atom stereocenters. The number of nitrogens with zero attached hydrogens (tertiary/aromatic N) is 3. The number of para-hydroxylation sites is 1. The molecule has 0 fully saturated rings. The molecule has 0 bridgehead atoms. The van der Waals surface area contributed by atoms with Crippen molar-refractivity contribution < 1.29 is 0 Å². The van der Waals surface area contributed by atoms with E-state index in [2.05, 4.69) is 32.6 Å². The molecule has 3 rings (SSSR count). The van der Waals surface area contributed by atoms with Crippen LogP contribution < -0.4 is 5.73 Å². The first-order valence-corrected chi connectivity index (χ1v) is 6.61. The largest absolute Gasteiger partial charge is 0.369 e. The molecule has 0 aliphatic heterocycles. The second-order valence-corrected chi connectivity index (χ2v) is 5.21. The second-order valence-electron chi connectivity index (χ2n) is 4.05. The fourth-order valence-electron chi connectivity index (χ4n) is 1.94. The number of aromatic nitrogens is 3. The van der Waals surface area contributed by atoms with Crippen LogP contribution in [0, 0.1) is 10.5 Å². The summed E-state index contributed by atoms with van der Waals surface area (Å²) in [6, 6.07) is 11.9. The molecule has 0 aliphatic rings. The van der Waals surface area contributed by atoms with E-state index in [9.17, 15) is 0 Å². The first-order chi connectivity index (χ1) is 8.66. The highest BCUT2D eigenvalue weighted by molar-refractivity contribution is 14.1. The van der Waals surface area contributed by atoms with Gasteiger partial charge in [-0.3, -0.25) is 4.57 Å². The predicted octanol–water partition coefficient (Wildman–Crippen LogP) is 2.92. The Morgan fingerprint density at radius 3 is 2.67 bits per heavy atom. The maximum atomic E-state index is 6.01. The van der Waals surface area contributed by atoms with Gasteiger partial charge >= 0.3 is 0 Å². The lowest BCUT2D eigenvalue weighted by Crippen LogP contribution is -2.03. The Bertz CT molecular complexity index is 733. The topological polar surface area (TPSA) is 56.7 Å². The Labute approximate surface area is 118 Å². The second kappa shape index (κ2) is 4.24. The minimum Gasteiger partial charge on any atom is -0.369 e. The zero-order valence-corrected chi connectivity index (χ0v) is 11.9. The maximum Gasteiger partial charge on any atom is 0.207 e. The van der Waals surface area contributed by atoms with Gasteiger partial charge in [-0.15, -0.1) is 0 Å². The van der Waals surface area contributed by atoms with E-state index in [4.69, 9.17) is 5.73 Å². The summed E-state index contributed by atoms with van der Waals surface area (Å²) >= 11 is 2.29. The van der Waals surface area contributed by atoms with Crippen molar-refractivity contribution in [3.8, 4) is 5.69 Å². The molecule has 90 valence electrons. The van der Waals surface area contributed by atoms with Gasteiger partial charge in [0.05, 0.1) is 5.69 Å². The Morgan fingerprint density at radius 2 is 1.89 bits per heavy atom. The van der Waals surface area contributed by atoms with Gasteiger partial charge in [0.1, 0.15) is 5.52 Å². The Morgan fingerprint density at radius 1 is 1.11 bits per heavy atom. The number of aryl methyl sites for hydroxylation is 1. The van der Waals surface area contributed by atoms with Crippen LogP contribution >= 0.6 is 22.6 Å². The third kappa shape index (κ3) is 1.74. The molecule has 4 nitrogen and oxygen atoms in total. The average Bonchev–Trinajstić information content (AvgIpc) is 2.66. The quantitative estimate of drug-likeness (QED) is 0.687. The number of hydrogen-bond donors (Lipinski definition) is 1. The highest BCUT2D eigenvalue weighted by Crippen LogP contribution is 2.25. The Hall–Kier alpha value is -1.63. The van der Waals surface area contributed by atoms with Crippen molar-refractivity contribution in [2.75, 3.05) is 5.73 Å². The maximum absolute atomic E-state index is 6.01. The number of fused-ring (bicyclic) bond motifs is 1. The Kier molecular flexibility index (Phi) is 2.70. The normalized spacial score (nSPS) is 11.0. The summed E-state index contributed by atoms with van der Waals surface area (Å²) in [5, 5.41) is 0. The van der Waals surface area contributed by atoms with Crippen molar-refractivity contribution in [3.05, 3.63) is 45.7 Å². The number of hydrogen-bond acceptors (Lipinski definition) is 3. The number of imidazole rings is 1. The summed E-state index contributed by atoms with van der Waals surface area (Å²) in [6.45, 7) is 1.96. The van der Waals surface area contributed by atoms with Crippen LogP contribution in [0.4, 0.5) is 5.95 Å². The molecule has 2 heterocycles. The zero-order valence-electron chi connectivity index (χ0n) is 9.76. The molecule has 1 aromatic carbocycles. The fraction of sp³-hybridized carbons (Fsp3) is 0.0769. The number of nitrogens with two attached hydrogens (primary N) is 1. The summed E-state index contributed by atoms with van der Waals surface area (Å²) in [5.74, 6) is 0.465. The first kappa shape index (κ1) is 11.5. The van der Waals surface area contributed by atoms with Crippen LogP contribution in [-0.4, -0.2) is 14.5 Å². The van der Waals surface area contributed by atoms with E-state index in [1.165, 1.54) is 0 Å². The minimum atomic E-state index is 0.465. The number of pyridine rings is 1. The van der Waals surface area contributed by atoms with Gasteiger partial charge in [-0.1, -0.05) is 12.1 Å². The molecule has 0 radical (unpaired) electrons. The van der Waals surface area contributed by atoms with Gasteiger partial charge in [0, 0.05) is 9.26 Å². The molecule has 0 atom stereocenters. The standard InChI is InChI=1S/C13H11IN4/c1-8-6-7-10-12(16-8)18(13(15)17-10)11-5-3-2-4-9(11)14/h2-7H,1H3,(H2,15,17). The predicted molar refractivity (Wildman–Crippen MR) is 80.7 cm³/mol. The van der Waals surface area contributed by atoms with E-state index in [0.29, 0.717) is 5.95 Å². The van der Waals surface area contributed by atoms with Gasteiger partial charge in [-0.05, 0) is 53.8 Å². The van der Waals surface area contributed by atoms with Gasteiger partial charge < -0.3 is 5.73 Å². The van der Waals surface area contributed by atoms with Crippen molar-refractivity contribution in [1.29, 1.82) is 0 Å². The summed E-state index contributed by atoms with van der Waals surface area (Å²) in [7, 11) is 0. The molecule has 0 aliphatic carbocycles. The van der Waals surface area contributed by atoms with E-state index in [1.807, 2.05) is 47.9 Å². The van der Waals surface area contributed by atoms with Crippen LogP contribution in [-0.2, 0) is 0 Å². The van der Waals surface area contributed by atoms with Gasteiger partial charge in [-0.25, -0.2) is 9.97 Å². The lowest BCUT2D eigenvalue weighted by atomic mass is 10.3. The minimum absolute atomic E-state index is 0.465. The Balaban J connectivity index is 2.38. The molecule has 0 spiro atoms. The lowest BCUT2D eigenvalue weighted by Gasteiger charge is -2.08. The smallest absolute Gasteiger partial charge is 0.207 e. The number of benzene rings is 1. The third-order valence-electron chi connectivity index (χ3n) is 2.76. The molecule has 0 saturated heterocycles. The van der Waals surface area contributed by atoms with E-state index in [-0.39, 0.29) is 0 Å². The van der Waals surface area contributed by atoms with Crippen molar-refractivity contribution in [1.82, 2.24) is 14.5 Å². The summed E-state index contributed by atoms with van der Waals surface area (Å²) in [6.07, 6.45) is 0. The highest BCUT2D eigenvalue weighted by Gasteiger charge is 2.13. The van der Waals surface area contributed by atoms with Crippen molar-refractivity contribution >= 4 is 39.7 Å². The monoisotopic (exact) mass is 350 g/mol. The van der Waals surface area contributed by atoms with E-state index >= 15 is 0 Å². The van der Waals surface area contributed by atoms with Gasteiger partial charge in [0.2, 0.25) is 5.95 Å². The zero-order chi connectivity index (χ0) is 12.7. The number of nitrogen functional groups attached to an aromatic ring is 1. The number of rotatable bonds is 1. The lowest BCUT2D eigenvalue weighted by molar-refractivity contribution is 1.06. The van der Waals surface area contributed by atoms with Gasteiger partial charge in [-0.2, -0.15) is 0 Å². The van der Waals surface area contributed by atoms with Crippen LogP contribution in [0.3, 0.4) is 0 Å². The van der Waals surface area contributed by atoms with Crippen molar-refractivity contribution in [2.45, 2.75) is 6.92 Å². The molecule has 0 amide bonds. The summed E-state index contributed by atoms with van der Waals surface area (Å²) in [4.78, 5) is 8.88. The number of anilines is 1. The van der Waals surface area contributed by atoms with E-state index < -0.39 is 0 Å². The van der Waals surface area contributed by atoms with E-state index in [1.54, 1.807) is 0 Å². The van der Waals surface area contributed by atoms with Crippen LogP contribution in [0.1, 0.15) is 5.69 Å². The fourth-order valence-corrected chi connectivity index (χ4v) is 2.57. The van der Waals surface area contributed by atoms with Gasteiger partial charge in [0.15, 0.2) is 5.65 Å². The molecule has 2 aromatic heterocycles. The summed E-state index contributed by atoms with van der Waals surface area (Å²) < 4.78 is 3.01. The van der Waals surface area contributed by atoms with Crippen molar-refractivity contribution in [3.63, 3.8) is 0 Å². The first-order valence-electron chi connectivity index (χ1n) is 5.53. The molecular weight excluding hydrogens is 339 g/mol. The molecule has 5 heteroatoms. The van der Waals surface area contributed by atoms with Gasteiger partial charge in [0.25, 0.3) is 0 Å². The molecular formula is C13H11IN4. The van der Waals surface area contributed by atoms with Crippen LogP contribution in [0.2, 0.25) is 0 Å². The molecule has 2 N–H and O–H groups in total. The SMILES string of the molecule is Cc1ccc2nc(N)n(-c3ccccc3I)c2n1. The van der Waals surface area contributed by atoms with Crippen molar-refractivity contribution in [2.24, 2.45) is 0 Å². The molecule has 18 heavy (non-hydrogen) atoms.